The van der Waals surface area contributed by atoms with Crippen molar-refractivity contribution in [3.8, 4) is 0 Å². The number of hydrogen-bond donors (Lipinski definition) is 1. The summed E-state index contributed by atoms with van der Waals surface area (Å²) >= 11 is 1.61. The average molecular weight is 224 g/mol. The molecule has 1 heterocycles. The topological polar surface area (TPSA) is 29.5 Å². The van der Waals surface area contributed by atoms with E-state index in [1.54, 1.807) is 11.8 Å². The molecule has 1 aliphatic rings. The fourth-order valence-electron chi connectivity index (χ4n) is 1.60. The molecule has 0 spiro atoms. The summed E-state index contributed by atoms with van der Waals surface area (Å²) in [5.41, 5.74) is 1.16. The standard InChI is InChI=1S/C12H16O2S/c1-9-4-6-10(7-5-9)15-12-11(13)3-2-8-14-12/h4-7,11-13H,2-3,8H2,1H3. The second-order valence-electron chi connectivity index (χ2n) is 3.88. The van der Waals surface area contributed by atoms with Crippen LogP contribution < -0.4 is 0 Å². The van der Waals surface area contributed by atoms with E-state index in [4.69, 9.17) is 4.74 Å². The lowest BCUT2D eigenvalue weighted by atomic mass is 10.2. The number of thioether (sulfide) groups is 1. The van der Waals surface area contributed by atoms with Gasteiger partial charge in [-0.15, -0.1) is 0 Å². The molecule has 1 fully saturated rings. The molecule has 0 aromatic heterocycles. The van der Waals surface area contributed by atoms with Crippen LogP contribution in [0.5, 0.6) is 0 Å². The predicted octanol–water partition coefficient (Wildman–Crippen LogP) is 2.58. The number of ether oxygens (including phenoxy) is 1. The third-order valence-corrected chi connectivity index (χ3v) is 3.74. The molecule has 2 unspecified atom stereocenters. The molecular formula is C12H16O2S. The molecule has 2 rings (SSSR count). The number of hydrogen-bond acceptors (Lipinski definition) is 3. The van der Waals surface area contributed by atoms with Crippen LogP contribution >= 0.6 is 11.8 Å². The zero-order valence-corrected chi connectivity index (χ0v) is 9.67. The monoisotopic (exact) mass is 224 g/mol. The Labute approximate surface area is 94.6 Å². The summed E-state index contributed by atoms with van der Waals surface area (Å²) in [6, 6.07) is 8.31. The Bertz CT molecular complexity index is 310. The van der Waals surface area contributed by atoms with Gasteiger partial charge in [0.25, 0.3) is 0 Å². The van der Waals surface area contributed by atoms with E-state index < -0.39 is 0 Å². The van der Waals surface area contributed by atoms with Crippen molar-refractivity contribution in [1.29, 1.82) is 0 Å². The Morgan fingerprint density at radius 1 is 1.33 bits per heavy atom. The highest BCUT2D eigenvalue weighted by atomic mass is 32.2. The van der Waals surface area contributed by atoms with Crippen molar-refractivity contribution < 1.29 is 9.84 Å². The molecule has 0 amide bonds. The zero-order valence-electron chi connectivity index (χ0n) is 8.85. The van der Waals surface area contributed by atoms with Crippen LogP contribution in [0.4, 0.5) is 0 Å². The Balaban J connectivity index is 1.98. The number of aliphatic hydroxyl groups is 1. The first-order valence-electron chi connectivity index (χ1n) is 5.29. The molecule has 2 nitrogen and oxygen atoms in total. The second kappa shape index (κ2) is 5.01. The first-order chi connectivity index (χ1) is 7.25. The SMILES string of the molecule is Cc1ccc(SC2OCCCC2O)cc1. The van der Waals surface area contributed by atoms with E-state index in [0.717, 1.165) is 24.3 Å². The van der Waals surface area contributed by atoms with Crippen molar-refractivity contribution in [2.75, 3.05) is 6.61 Å². The van der Waals surface area contributed by atoms with Crippen LogP contribution in [0.2, 0.25) is 0 Å². The number of rotatable bonds is 2. The average Bonchev–Trinajstić information content (AvgIpc) is 2.25. The Hall–Kier alpha value is -0.510. The van der Waals surface area contributed by atoms with Crippen LogP contribution in [0, 0.1) is 6.92 Å². The van der Waals surface area contributed by atoms with Crippen LogP contribution in [0.15, 0.2) is 29.2 Å². The minimum absolute atomic E-state index is 0.0959. The third-order valence-electron chi connectivity index (χ3n) is 2.51. The summed E-state index contributed by atoms with van der Waals surface area (Å²) in [4.78, 5) is 1.16. The van der Waals surface area contributed by atoms with E-state index in [1.165, 1.54) is 5.56 Å². The van der Waals surface area contributed by atoms with Crippen molar-refractivity contribution in [3.63, 3.8) is 0 Å². The van der Waals surface area contributed by atoms with Crippen molar-refractivity contribution >= 4 is 11.8 Å². The molecule has 1 aromatic carbocycles. The molecule has 0 saturated carbocycles. The predicted molar refractivity (Wildman–Crippen MR) is 62.0 cm³/mol. The van der Waals surface area contributed by atoms with Gasteiger partial charge in [-0.1, -0.05) is 29.5 Å². The van der Waals surface area contributed by atoms with E-state index in [1.807, 2.05) is 0 Å². The summed E-state index contributed by atoms with van der Waals surface area (Å²) in [6.45, 7) is 2.83. The Morgan fingerprint density at radius 3 is 2.73 bits per heavy atom. The summed E-state index contributed by atoms with van der Waals surface area (Å²) < 4.78 is 5.54. The van der Waals surface area contributed by atoms with Gasteiger partial charge in [-0.2, -0.15) is 0 Å². The van der Waals surface area contributed by atoms with Crippen LogP contribution in [0.1, 0.15) is 18.4 Å². The van der Waals surface area contributed by atoms with Gasteiger partial charge in [0.1, 0.15) is 5.44 Å². The molecule has 2 atom stereocenters. The highest BCUT2D eigenvalue weighted by molar-refractivity contribution is 7.99. The van der Waals surface area contributed by atoms with E-state index in [9.17, 15) is 5.11 Å². The van der Waals surface area contributed by atoms with Crippen molar-refractivity contribution in [2.45, 2.75) is 36.2 Å². The summed E-state index contributed by atoms with van der Waals surface area (Å²) in [6.07, 6.45) is 1.49. The number of benzene rings is 1. The molecule has 15 heavy (non-hydrogen) atoms. The smallest absolute Gasteiger partial charge is 0.133 e. The summed E-state index contributed by atoms with van der Waals surface area (Å²) in [5.74, 6) is 0. The minimum Gasteiger partial charge on any atom is -0.389 e. The van der Waals surface area contributed by atoms with Gasteiger partial charge in [0.05, 0.1) is 6.10 Å². The highest BCUT2D eigenvalue weighted by Crippen LogP contribution is 2.30. The quantitative estimate of drug-likeness (QED) is 0.837. The Kier molecular flexibility index (Phi) is 3.67. The molecule has 0 aliphatic carbocycles. The van der Waals surface area contributed by atoms with Gasteiger partial charge < -0.3 is 9.84 Å². The largest absolute Gasteiger partial charge is 0.389 e. The molecule has 0 bridgehead atoms. The highest BCUT2D eigenvalue weighted by Gasteiger charge is 2.24. The maximum atomic E-state index is 9.74. The lowest BCUT2D eigenvalue weighted by Gasteiger charge is -2.27. The normalized spacial score (nSPS) is 26.5. The van der Waals surface area contributed by atoms with E-state index >= 15 is 0 Å². The van der Waals surface area contributed by atoms with Gasteiger partial charge in [-0.3, -0.25) is 0 Å². The van der Waals surface area contributed by atoms with Gasteiger partial charge in [0, 0.05) is 11.5 Å². The first kappa shape index (κ1) is 11.0. The molecule has 0 radical (unpaired) electrons. The molecule has 3 heteroatoms. The molecule has 1 saturated heterocycles. The zero-order chi connectivity index (χ0) is 10.7. The minimum atomic E-state index is -0.329. The first-order valence-corrected chi connectivity index (χ1v) is 6.17. The van der Waals surface area contributed by atoms with E-state index in [-0.39, 0.29) is 11.5 Å². The van der Waals surface area contributed by atoms with Gasteiger partial charge >= 0.3 is 0 Å². The fraction of sp³-hybridized carbons (Fsp3) is 0.500. The third kappa shape index (κ3) is 2.97. The van der Waals surface area contributed by atoms with Crippen molar-refractivity contribution in [1.82, 2.24) is 0 Å². The molecule has 82 valence electrons. The van der Waals surface area contributed by atoms with E-state index in [2.05, 4.69) is 31.2 Å². The fourth-order valence-corrected chi connectivity index (χ4v) is 2.62. The summed E-state index contributed by atoms with van der Waals surface area (Å²) in [7, 11) is 0. The van der Waals surface area contributed by atoms with Gasteiger partial charge in [0.15, 0.2) is 0 Å². The lowest BCUT2D eigenvalue weighted by Crippen LogP contribution is -2.31. The van der Waals surface area contributed by atoms with Gasteiger partial charge in [-0.05, 0) is 31.9 Å². The van der Waals surface area contributed by atoms with Gasteiger partial charge in [-0.25, -0.2) is 0 Å². The molecule has 1 aromatic rings. The second-order valence-corrected chi connectivity index (χ2v) is 5.05. The number of aryl methyl sites for hydroxylation is 1. The van der Waals surface area contributed by atoms with Gasteiger partial charge in [0.2, 0.25) is 0 Å². The lowest BCUT2D eigenvalue weighted by molar-refractivity contribution is -0.0262. The van der Waals surface area contributed by atoms with Crippen LogP contribution in [-0.2, 0) is 4.74 Å². The van der Waals surface area contributed by atoms with Crippen LogP contribution in [-0.4, -0.2) is 23.3 Å². The molecule has 1 aliphatic heterocycles. The van der Waals surface area contributed by atoms with Crippen LogP contribution in [0.25, 0.3) is 0 Å². The summed E-state index contributed by atoms with van der Waals surface area (Å²) in [5, 5.41) is 9.74. The molecular weight excluding hydrogens is 208 g/mol. The van der Waals surface area contributed by atoms with Crippen molar-refractivity contribution in [3.05, 3.63) is 29.8 Å². The Morgan fingerprint density at radius 2 is 2.07 bits per heavy atom. The van der Waals surface area contributed by atoms with Crippen molar-refractivity contribution in [2.24, 2.45) is 0 Å². The number of aliphatic hydroxyl groups excluding tert-OH is 1. The van der Waals surface area contributed by atoms with E-state index in [0.29, 0.717) is 0 Å². The maximum Gasteiger partial charge on any atom is 0.133 e. The molecule has 1 N–H and O–H groups in total. The maximum absolute atomic E-state index is 9.74. The van der Waals surface area contributed by atoms with Crippen LogP contribution in [0.3, 0.4) is 0 Å².